The third-order valence-electron chi connectivity index (χ3n) is 4.87. The molecule has 2 atom stereocenters. The van der Waals surface area contributed by atoms with Crippen LogP contribution in [-0.2, 0) is 13.0 Å². The van der Waals surface area contributed by atoms with Gasteiger partial charge in [0.25, 0.3) is 0 Å². The minimum atomic E-state index is 0.201. The van der Waals surface area contributed by atoms with Crippen LogP contribution in [0.1, 0.15) is 18.3 Å². The van der Waals surface area contributed by atoms with Gasteiger partial charge in [0.1, 0.15) is 0 Å². The third kappa shape index (κ3) is 2.83. The van der Waals surface area contributed by atoms with Crippen molar-refractivity contribution in [3.8, 4) is 0 Å². The predicted octanol–water partition coefficient (Wildman–Crippen LogP) is 0.239. The fraction of sp³-hybridized carbons (Fsp3) is 0.786. The molecule has 4 rings (SSSR count). The number of hydrazine groups is 1. The van der Waals surface area contributed by atoms with E-state index in [0.717, 1.165) is 49.0 Å². The van der Waals surface area contributed by atoms with Crippen LogP contribution >= 0.6 is 11.6 Å². The third-order valence-corrected chi connectivity index (χ3v) is 5.36. The number of aromatic nitrogens is 2. The first kappa shape index (κ1) is 15.2. The molecule has 4 heterocycles. The quantitative estimate of drug-likeness (QED) is 0.602. The van der Waals surface area contributed by atoms with Gasteiger partial charge in [-0.1, -0.05) is 11.6 Å². The summed E-state index contributed by atoms with van der Waals surface area (Å²) in [4.78, 5) is 5.08. The second-order valence-corrected chi connectivity index (χ2v) is 6.42. The molecule has 21 heavy (non-hydrogen) atoms. The second kappa shape index (κ2) is 6.22. The van der Waals surface area contributed by atoms with E-state index in [4.69, 9.17) is 17.4 Å². The molecule has 2 unspecified atom stereocenters. The molecule has 1 aromatic rings. The highest BCUT2D eigenvalue weighted by Gasteiger charge is 2.37. The van der Waals surface area contributed by atoms with Crippen molar-refractivity contribution in [2.75, 3.05) is 32.7 Å². The Balaban J connectivity index is 1.79. The van der Waals surface area contributed by atoms with Crippen molar-refractivity contribution in [1.29, 1.82) is 0 Å². The monoisotopic (exact) mass is 312 g/mol. The number of fused-ring (bicyclic) bond motifs is 3. The van der Waals surface area contributed by atoms with E-state index in [1.807, 2.05) is 11.6 Å². The molecule has 3 saturated heterocycles. The van der Waals surface area contributed by atoms with E-state index in [2.05, 4.69) is 27.2 Å². The van der Waals surface area contributed by atoms with Crippen LogP contribution in [0.5, 0.6) is 0 Å². The number of nitrogens with one attached hydrogen (secondary N) is 1. The fourth-order valence-corrected chi connectivity index (χ4v) is 3.83. The van der Waals surface area contributed by atoms with Crippen LogP contribution in [0.3, 0.4) is 0 Å². The van der Waals surface area contributed by atoms with E-state index in [1.54, 1.807) is 0 Å². The molecule has 3 aliphatic heterocycles. The Morgan fingerprint density at radius 3 is 2.62 bits per heavy atom. The summed E-state index contributed by atoms with van der Waals surface area (Å²) in [5.74, 6) is 5.86. The fourth-order valence-electron chi connectivity index (χ4n) is 3.62. The zero-order valence-corrected chi connectivity index (χ0v) is 13.6. The Bertz CT molecular complexity index is 494. The Hall–Kier alpha value is -0.660. The lowest BCUT2D eigenvalue weighted by molar-refractivity contribution is -0.00341. The summed E-state index contributed by atoms with van der Waals surface area (Å²) < 4.78 is 2.00. The van der Waals surface area contributed by atoms with Gasteiger partial charge >= 0.3 is 0 Å². The van der Waals surface area contributed by atoms with Gasteiger partial charge in [0, 0.05) is 57.8 Å². The Morgan fingerprint density at radius 2 is 2.10 bits per heavy atom. The molecule has 0 spiro atoms. The topological polar surface area (TPSA) is 62.4 Å². The van der Waals surface area contributed by atoms with Gasteiger partial charge in [0.15, 0.2) is 0 Å². The number of hydrogen-bond acceptors (Lipinski definition) is 5. The van der Waals surface area contributed by atoms with Crippen LogP contribution < -0.4 is 11.3 Å². The zero-order chi connectivity index (χ0) is 15.0. The molecule has 1 aromatic heterocycles. The number of aryl methyl sites for hydroxylation is 2. The summed E-state index contributed by atoms with van der Waals surface area (Å²) in [6.07, 6.45) is 0.818. The van der Waals surface area contributed by atoms with Gasteiger partial charge in [-0.3, -0.25) is 25.8 Å². The highest BCUT2D eigenvalue weighted by molar-refractivity contribution is 6.31. The standard InChI is InChI=1S/C14H25ClN6/c1-3-21-12(14(15)10(2)18-21)8-11(17-16)13-9-19-4-6-20(13)7-5-19/h11,13,17H,3-9,16H2,1-2H3. The normalized spacial score (nSPS) is 29.8. The summed E-state index contributed by atoms with van der Waals surface area (Å²) in [7, 11) is 0. The Morgan fingerprint density at radius 1 is 1.38 bits per heavy atom. The highest BCUT2D eigenvalue weighted by atomic mass is 35.5. The molecule has 6 nitrogen and oxygen atoms in total. The average Bonchev–Trinajstić information content (AvgIpc) is 2.80. The number of rotatable bonds is 5. The summed E-state index contributed by atoms with van der Waals surface area (Å²) in [5, 5.41) is 5.29. The van der Waals surface area contributed by atoms with Crippen LogP contribution in [0.4, 0.5) is 0 Å². The number of nitrogens with two attached hydrogens (primary N) is 1. The van der Waals surface area contributed by atoms with Gasteiger partial charge in [-0.2, -0.15) is 5.10 Å². The maximum absolute atomic E-state index is 6.44. The molecule has 2 bridgehead atoms. The molecule has 3 fully saturated rings. The number of halogens is 1. The van der Waals surface area contributed by atoms with Crippen molar-refractivity contribution in [2.24, 2.45) is 5.84 Å². The van der Waals surface area contributed by atoms with Crippen LogP contribution in [0.15, 0.2) is 0 Å². The summed E-state index contributed by atoms with van der Waals surface area (Å²) >= 11 is 6.44. The molecule has 0 amide bonds. The van der Waals surface area contributed by atoms with Crippen LogP contribution in [0, 0.1) is 6.92 Å². The number of nitrogens with zero attached hydrogens (tertiary/aromatic N) is 4. The minimum absolute atomic E-state index is 0.201. The highest BCUT2D eigenvalue weighted by Crippen LogP contribution is 2.25. The molecule has 0 radical (unpaired) electrons. The molecule has 3 aliphatic rings. The van der Waals surface area contributed by atoms with Gasteiger partial charge in [-0.05, 0) is 13.8 Å². The molecule has 3 N–H and O–H groups in total. The summed E-state index contributed by atoms with van der Waals surface area (Å²) in [5.41, 5.74) is 5.02. The zero-order valence-electron chi connectivity index (χ0n) is 12.8. The van der Waals surface area contributed by atoms with Crippen molar-refractivity contribution in [3.05, 3.63) is 16.4 Å². The van der Waals surface area contributed by atoms with Gasteiger partial charge in [0.05, 0.1) is 16.4 Å². The largest absolute Gasteiger partial charge is 0.299 e. The second-order valence-electron chi connectivity index (χ2n) is 6.04. The van der Waals surface area contributed by atoms with Crippen molar-refractivity contribution >= 4 is 11.6 Å². The smallest absolute Gasteiger partial charge is 0.0847 e. The van der Waals surface area contributed by atoms with Crippen LogP contribution in [-0.4, -0.2) is 64.4 Å². The minimum Gasteiger partial charge on any atom is -0.299 e. The molecule has 0 saturated carbocycles. The van der Waals surface area contributed by atoms with Crippen molar-refractivity contribution in [1.82, 2.24) is 25.0 Å². The van der Waals surface area contributed by atoms with Crippen LogP contribution in [0.25, 0.3) is 0 Å². The van der Waals surface area contributed by atoms with Crippen molar-refractivity contribution in [2.45, 2.75) is 38.9 Å². The Labute approximate surface area is 131 Å². The van der Waals surface area contributed by atoms with Gasteiger partial charge in [-0.25, -0.2) is 0 Å². The van der Waals surface area contributed by atoms with Gasteiger partial charge < -0.3 is 0 Å². The van der Waals surface area contributed by atoms with Crippen LogP contribution in [0.2, 0.25) is 5.02 Å². The number of piperazine rings is 3. The lowest BCUT2D eigenvalue weighted by Crippen LogP contribution is -2.67. The molecular formula is C14H25ClN6. The van der Waals surface area contributed by atoms with E-state index in [1.165, 1.54) is 13.1 Å². The molecular weight excluding hydrogens is 288 g/mol. The molecule has 0 aromatic carbocycles. The first-order valence-corrected chi connectivity index (χ1v) is 8.16. The maximum Gasteiger partial charge on any atom is 0.0847 e. The number of hydrogen-bond donors (Lipinski definition) is 2. The lowest BCUT2D eigenvalue weighted by Gasteiger charge is -2.50. The van der Waals surface area contributed by atoms with E-state index in [9.17, 15) is 0 Å². The van der Waals surface area contributed by atoms with Gasteiger partial charge in [-0.15, -0.1) is 0 Å². The van der Waals surface area contributed by atoms with Crippen molar-refractivity contribution in [3.63, 3.8) is 0 Å². The lowest BCUT2D eigenvalue weighted by atomic mass is 9.96. The van der Waals surface area contributed by atoms with Crippen molar-refractivity contribution < 1.29 is 0 Å². The van der Waals surface area contributed by atoms with E-state index in [-0.39, 0.29) is 6.04 Å². The van der Waals surface area contributed by atoms with E-state index in [0.29, 0.717) is 6.04 Å². The molecule has 118 valence electrons. The van der Waals surface area contributed by atoms with E-state index >= 15 is 0 Å². The van der Waals surface area contributed by atoms with Gasteiger partial charge in [0.2, 0.25) is 0 Å². The predicted molar refractivity (Wildman–Crippen MR) is 84.3 cm³/mol. The molecule has 7 heteroatoms. The Kier molecular flexibility index (Phi) is 4.51. The summed E-state index contributed by atoms with van der Waals surface area (Å²) in [6, 6.07) is 0.654. The first-order valence-electron chi connectivity index (χ1n) is 7.78. The maximum atomic E-state index is 6.44. The first-order chi connectivity index (χ1) is 10.1. The summed E-state index contributed by atoms with van der Waals surface area (Å²) in [6.45, 7) is 10.6. The van der Waals surface area contributed by atoms with E-state index < -0.39 is 0 Å². The average molecular weight is 313 g/mol. The molecule has 0 aliphatic carbocycles. The SMILES string of the molecule is CCn1nc(C)c(Cl)c1CC(NN)C1CN2CCN1CC2.